The van der Waals surface area contributed by atoms with Gasteiger partial charge in [0.15, 0.2) is 5.96 Å². The molecule has 0 unspecified atom stereocenters. The van der Waals surface area contributed by atoms with Crippen molar-refractivity contribution in [1.82, 2.24) is 20.3 Å². The Kier molecular flexibility index (Phi) is 11.4. The van der Waals surface area contributed by atoms with Gasteiger partial charge >= 0.3 is 6.09 Å². The molecular formula is C17H34IN5O4S. The molecule has 28 heavy (non-hydrogen) atoms. The second-order valence-corrected chi connectivity index (χ2v) is 8.99. The van der Waals surface area contributed by atoms with E-state index in [0.29, 0.717) is 44.7 Å². The third-order valence-electron chi connectivity index (χ3n) is 5.07. The summed E-state index contributed by atoms with van der Waals surface area (Å²) in [6.07, 6.45) is 4.76. The number of nitrogens with zero attached hydrogens (tertiary/aromatic N) is 2. The number of halogens is 1. The van der Waals surface area contributed by atoms with Gasteiger partial charge in [-0.1, -0.05) is 6.42 Å². The lowest BCUT2D eigenvalue weighted by molar-refractivity contribution is 0.0963. The van der Waals surface area contributed by atoms with E-state index in [1.165, 1.54) is 6.42 Å². The second-order valence-electron chi connectivity index (χ2n) is 7.07. The third kappa shape index (κ3) is 8.68. The molecular weight excluding hydrogens is 497 g/mol. The third-order valence-corrected chi connectivity index (χ3v) is 6.41. The first-order chi connectivity index (χ1) is 12.9. The Labute approximate surface area is 185 Å². The van der Waals surface area contributed by atoms with Crippen LogP contribution in [0.25, 0.3) is 0 Å². The molecule has 1 saturated heterocycles. The number of aliphatic imine (C=N–C) groups is 1. The number of hydrogen-bond donors (Lipinski definition) is 3. The van der Waals surface area contributed by atoms with Crippen molar-refractivity contribution in [2.75, 3.05) is 45.6 Å². The minimum Gasteiger partial charge on any atom is -0.450 e. The number of amides is 1. The van der Waals surface area contributed by atoms with Gasteiger partial charge in [0.25, 0.3) is 0 Å². The van der Waals surface area contributed by atoms with Crippen LogP contribution in [0, 0.1) is 5.92 Å². The fourth-order valence-corrected chi connectivity index (χ4v) is 4.13. The first-order valence-corrected chi connectivity index (χ1v) is 11.4. The number of likely N-dealkylation sites (tertiary alicyclic amines) is 1. The highest BCUT2D eigenvalue weighted by atomic mass is 127. The molecule has 1 amide bonds. The molecule has 11 heteroatoms. The number of nitrogens with one attached hydrogen (secondary N) is 3. The molecule has 1 heterocycles. The van der Waals surface area contributed by atoms with Crippen LogP contribution in [0.1, 0.15) is 39.0 Å². The molecule has 3 N–H and O–H groups in total. The molecule has 2 aliphatic rings. The fraction of sp³-hybridized carbons (Fsp3) is 0.882. The minimum atomic E-state index is -3.27. The quantitative estimate of drug-likeness (QED) is 0.246. The Morgan fingerprint density at radius 2 is 1.89 bits per heavy atom. The van der Waals surface area contributed by atoms with Crippen LogP contribution in [0.3, 0.4) is 0 Å². The summed E-state index contributed by atoms with van der Waals surface area (Å²) < 4.78 is 31.8. The Morgan fingerprint density at radius 1 is 1.21 bits per heavy atom. The summed E-state index contributed by atoms with van der Waals surface area (Å²) in [5, 5.41) is 6.35. The van der Waals surface area contributed by atoms with E-state index in [2.05, 4.69) is 20.3 Å². The normalized spacial score (nSPS) is 18.8. The maximum absolute atomic E-state index is 12.0. The number of ether oxygens (including phenoxy) is 1. The lowest BCUT2D eigenvalue weighted by atomic mass is 9.86. The molecule has 2 fully saturated rings. The smallest absolute Gasteiger partial charge is 0.409 e. The topological polar surface area (TPSA) is 112 Å². The van der Waals surface area contributed by atoms with Gasteiger partial charge in [-0.3, -0.25) is 4.99 Å². The molecule has 1 aliphatic carbocycles. The minimum absolute atomic E-state index is 0. The van der Waals surface area contributed by atoms with Crippen LogP contribution in [0.4, 0.5) is 4.79 Å². The van der Waals surface area contributed by atoms with Crippen LogP contribution in [-0.2, 0) is 14.8 Å². The number of piperidine rings is 1. The molecule has 1 aliphatic heterocycles. The zero-order chi connectivity index (χ0) is 19.7. The van der Waals surface area contributed by atoms with Crippen molar-refractivity contribution in [2.24, 2.45) is 10.9 Å². The van der Waals surface area contributed by atoms with Crippen molar-refractivity contribution >= 4 is 46.1 Å². The number of carbonyl (C=O) groups is 1. The molecule has 2 rings (SSSR count). The van der Waals surface area contributed by atoms with E-state index in [9.17, 15) is 13.2 Å². The number of guanidine groups is 1. The van der Waals surface area contributed by atoms with Crippen molar-refractivity contribution in [3.63, 3.8) is 0 Å². The lowest BCUT2D eigenvalue weighted by Gasteiger charge is -2.32. The molecule has 164 valence electrons. The Bertz CT molecular complexity index is 605. The zero-order valence-electron chi connectivity index (χ0n) is 16.8. The maximum atomic E-state index is 12.0. The van der Waals surface area contributed by atoms with E-state index >= 15 is 0 Å². The average molecular weight is 531 g/mol. The van der Waals surface area contributed by atoms with Gasteiger partial charge in [-0.05, 0) is 38.5 Å². The second kappa shape index (κ2) is 12.7. The van der Waals surface area contributed by atoms with Gasteiger partial charge in [0.1, 0.15) is 0 Å². The van der Waals surface area contributed by atoms with Crippen LogP contribution >= 0.6 is 24.0 Å². The van der Waals surface area contributed by atoms with Crippen LogP contribution in [0.15, 0.2) is 4.99 Å². The summed E-state index contributed by atoms with van der Waals surface area (Å²) in [7, 11) is -1.61. The van der Waals surface area contributed by atoms with Gasteiger partial charge in [-0.25, -0.2) is 17.9 Å². The highest BCUT2D eigenvalue weighted by Gasteiger charge is 2.24. The number of hydrogen-bond acceptors (Lipinski definition) is 5. The van der Waals surface area contributed by atoms with E-state index in [1.807, 2.05) is 0 Å². The van der Waals surface area contributed by atoms with E-state index in [4.69, 9.17) is 4.74 Å². The van der Waals surface area contributed by atoms with Gasteiger partial charge in [-0.15, -0.1) is 24.0 Å². The molecule has 0 aromatic carbocycles. The zero-order valence-corrected chi connectivity index (χ0v) is 19.9. The summed E-state index contributed by atoms with van der Waals surface area (Å²) in [6.45, 7) is 4.28. The van der Waals surface area contributed by atoms with Gasteiger partial charge in [0, 0.05) is 39.3 Å². The van der Waals surface area contributed by atoms with Crippen LogP contribution in [0.5, 0.6) is 0 Å². The predicted molar refractivity (Wildman–Crippen MR) is 121 cm³/mol. The fourth-order valence-electron chi connectivity index (χ4n) is 3.13. The van der Waals surface area contributed by atoms with E-state index in [0.717, 1.165) is 25.7 Å². The van der Waals surface area contributed by atoms with Crippen molar-refractivity contribution < 1.29 is 17.9 Å². The lowest BCUT2D eigenvalue weighted by Crippen LogP contribution is -2.50. The van der Waals surface area contributed by atoms with Crippen LogP contribution < -0.4 is 15.4 Å². The van der Waals surface area contributed by atoms with Crippen LogP contribution in [-0.4, -0.2) is 77.0 Å². The Balaban J connectivity index is 0.00000392. The average Bonchev–Trinajstić information content (AvgIpc) is 2.60. The highest BCUT2D eigenvalue weighted by Crippen LogP contribution is 2.25. The summed E-state index contributed by atoms with van der Waals surface area (Å²) >= 11 is 0. The molecule has 0 bridgehead atoms. The molecule has 1 saturated carbocycles. The first-order valence-electron chi connectivity index (χ1n) is 9.79. The standard InChI is InChI=1S/C17H33N5O4S.HI/c1-3-26-17(23)22-10-7-15(8-11-22)21-16(18-2)19-9-12-27(24,25)20-13-14-5-4-6-14;/h14-15,20H,3-13H2,1-2H3,(H2,18,19,21);1H. The van der Waals surface area contributed by atoms with Crippen molar-refractivity contribution in [2.45, 2.75) is 45.1 Å². The molecule has 0 spiro atoms. The van der Waals surface area contributed by atoms with E-state index in [1.54, 1.807) is 18.9 Å². The number of carbonyl (C=O) groups excluding carboxylic acids is 1. The molecule has 0 atom stereocenters. The van der Waals surface area contributed by atoms with Crippen molar-refractivity contribution in [1.29, 1.82) is 0 Å². The SMILES string of the molecule is CCOC(=O)N1CCC(NC(=NC)NCCS(=O)(=O)NCC2CCC2)CC1.I. The molecule has 9 nitrogen and oxygen atoms in total. The summed E-state index contributed by atoms with van der Waals surface area (Å²) in [5.74, 6) is 1.10. The molecule has 0 aromatic heterocycles. The molecule has 0 aromatic rings. The highest BCUT2D eigenvalue weighted by molar-refractivity contribution is 14.0. The Morgan fingerprint density at radius 3 is 2.43 bits per heavy atom. The Hall–Kier alpha value is -0.820. The number of sulfonamides is 1. The van der Waals surface area contributed by atoms with Gasteiger partial charge in [0.05, 0.1) is 12.4 Å². The van der Waals surface area contributed by atoms with Gasteiger partial charge in [-0.2, -0.15) is 0 Å². The van der Waals surface area contributed by atoms with E-state index < -0.39 is 10.0 Å². The summed E-state index contributed by atoms with van der Waals surface area (Å²) in [6, 6.07) is 0.190. The largest absolute Gasteiger partial charge is 0.450 e. The summed E-state index contributed by atoms with van der Waals surface area (Å²) in [4.78, 5) is 17.6. The maximum Gasteiger partial charge on any atom is 0.409 e. The predicted octanol–water partition coefficient (Wildman–Crippen LogP) is 1.11. The number of rotatable bonds is 8. The van der Waals surface area contributed by atoms with E-state index in [-0.39, 0.29) is 41.9 Å². The van der Waals surface area contributed by atoms with Gasteiger partial charge < -0.3 is 20.3 Å². The first kappa shape index (κ1) is 25.2. The van der Waals surface area contributed by atoms with Gasteiger partial charge in [0.2, 0.25) is 10.0 Å². The summed E-state index contributed by atoms with van der Waals surface area (Å²) in [5.41, 5.74) is 0. The molecule has 0 radical (unpaired) electrons. The van der Waals surface area contributed by atoms with Crippen molar-refractivity contribution in [3.8, 4) is 0 Å². The monoisotopic (exact) mass is 531 g/mol. The van der Waals surface area contributed by atoms with Crippen molar-refractivity contribution in [3.05, 3.63) is 0 Å². The van der Waals surface area contributed by atoms with Crippen LogP contribution in [0.2, 0.25) is 0 Å².